The van der Waals surface area contributed by atoms with Gasteiger partial charge in [-0.25, -0.2) is 9.48 Å². The zero-order valence-electron chi connectivity index (χ0n) is 13.8. The van der Waals surface area contributed by atoms with Gasteiger partial charge in [0.05, 0.1) is 5.69 Å². The average molecular weight is 467 g/mol. The summed E-state index contributed by atoms with van der Waals surface area (Å²) in [5.74, 6) is -5.75. The van der Waals surface area contributed by atoms with Crippen LogP contribution in [0.5, 0.6) is 0 Å². The number of hydrogen-bond donors (Lipinski definition) is 1. The van der Waals surface area contributed by atoms with E-state index in [4.69, 9.17) is 34.8 Å². The van der Waals surface area contributed by atoms with Crippen molar-refractivity contribution < 1.29 is 31.5 Å². The molecule has 2 rings (SSSR count). The predicted molar refractivity (Wildman–Crippen MR) is 93.5 cm³/mol. The van der Waals surface area contributed by atoms with E-state index in [1.165, 1.54) is 12.1 Å². The van der Waals surface area contributed by atoms with E-state index >= 15 is 0 Å². The molecule has 0 bridgehead atoms. The number of hydrogen-bond acceptors (Lipinski definition) is 3. The van der Waals surface area contributed by atoms with Crippen LogP contribution in [0.3, 0.4) is 0 Å². The Bertz CT molecular complexity index is 848. The number of anilines is 1. The van der Waals surface area contributed by atoms with Crippen LogP contribution >= 0.6 is 34.8 Å². The molecule has 0 unspecified atom stereocenters. The maximum atomic E-state index is 13.7. The second-order valence-corrected chi connectivity index (χ2v) is 8.07. The molecule has 1 N–H and O–H groups in total. The predicted octanol–water partition coefficient (Wildman–Crippen LogP) is 5.75. The first-order valence-corrected chi connectivity index (χ1v) is 8.47. The summed E-state index contributed by atoms with van der Waals surface area (Å²) in [5.41, 5.74) is -0.697. The first-order chi connectivity index (χ1) is 12.7. The van der Waals surface area contributed by atoms with E-state index in [-0.39, 0.29) is 5.69 Å². The lowest BCUT2D eigenvalue weighted by Gasteiger charge is -2.16. The van der Waals surface area contributed by atoms with Crippen LogP contribution in [0.25, 0.3) is 5.69 Å². The van der Waals surface area contributed by atoms with Crippen LogP contribution in [0.15, 0.2) is 30.3 Å². The van der Waals surface area contributed by atoms with Gasteiger partial charge < -0.3 is 4.74 Å². The van der Waals surface area contributed by atoms with E-state index < -0.39 is 40.1 Å². The number of aromatic nitrogens is 2. The quantitative estimate of drug-likeness (QED) is 0.461. The normalized spacial score (nSPS) is 12.8. The highest BCUT2D eigenvalue weighted by Gasteiger charge is 2.60. The highest BCUT2D eigenvalue weighted by atomic mass is 35.6. The first-order valence-electron chi connectivity index (χ1n) is 7.33. The van der Waals surface area contributed by atoms with Gasteiger partial charge in [0.25, 0.3) is 0 Å². The van der Waals surface area contributed by atoms with Gasteiger partial charge >= 0.3 is 18.2 Å². The molecule has 154 valence electrons. The minimum Gasteiger partial charge on any atom is -0.445 e. The van der Waals surface area contributed by atoms with Crippen molar-refractivity contribution in [2.75, 3.05) is 11.9 Å². The molecule has 5 nitrogen and oxygen atoms in total. The third-order valence-electron chi connectivity index (χ3n) is 3.26. The number of rotatable bonds is 4. The van der Waals surface area contributed by atoms with Crippen LogP contribution in [0.1, 0.15) is 11.3 Å². The van der Waals surface area contributed by atoms with Crippen molar-refractivity contribution in [1.29, 1.82) is 0 Å². The smallest absolute Gasteiger partial charge is 0.445 e. The molecule has 0 saturated heterocycles. The fraction of sp³-hybridized carbons (Fsp3) is 0.333. The maximum Gasteiger partial charge on any atom is 0.459 e. The lowest BCUT2D eigenvalue weighted by molar-refractivity contribution is -0.291. The minimum atomic E-state index is -5.88. The minimum absolute atomic E-state index is 0.117. The fourth-order valence-corrected chi connectivity index (χ4v) is 2.10. The van der Waals surface area contributed by atoms with E-state index in [0.29, 0.717) is 10.7 Å². The molecule has 1 aromatic heterocycles. The van der Waals surface area contributed by atoms with Crippen LogP contribution in [-0.2, 0) is 10.7 Å². The zero-order chi connectivity index (χ0) is 21.3. The summed E-state index contributed by atoms with van der Waals surface area (Å²) >= 11 is 16.3. The van der Waals surface area contributed by atoms with E-state index in [0.717, 1.165) is 5.56 Å². The molecular weight excluding hydrogens is 456 g/mol. The van der Waals surface area contributed by atoms with Gasteiger partial charge in [-0.1, -0.05) is 52.5 Å². The number of carbonyl (C=O) groups is 1. The molecule has 0 aliphatic carbocycles. The SMILES string of the molecule is Cc1ccc(-n2nc(C(F)(F)C(F)(F)F)cc2NC(=O)OCC(Cl)(Cl)Cl)cc1. The second-order valence-electron chi connectivity index (χ2n) is 5.55. The molecule has 13 heteroatoms. The standard InChI is InChI=1S/C15H11Cl3F5N3O2/c1-8-2-4-9(5-3-8)26-11(24-12(27)28-7-13(16,17)18)6-10(25-26)14(19,20)15(21,22)23/h2-6H,7H2,1H3,(H,24,27). The Morgan fingerprint density at radius 3 is 2.21 bits per heavy atom. The van der Waals surface area contributed by atoms with Gasteiger partial charge in [-0.3, -0.25) is 5.32 Å². The summed E-state index contributed by atoms with van der Waals surface area (Å²) in [5, 5.41) is 5.31. The lowest BCUT2D eigenvalue weighted by atomic mass is 10.2. The van der Waals surface area contributed by atoms with Gasteiger partial charge in [0.2, 0.25) is 3.79 Å². The van der Waals surface area contributed by atoms with Crippen molar-refractivity contribution in [3.05, 3.63) is 41.6 Å². The summed E-state index contributed by atoms with van der Waals surface area (Å²) in [6.45, 7) is 1.05. The largest absolute Gasteiger partial charge is 0.459 e. The molecule has 0 fully saturated rings. The summed E-state index contributed by atoms with van der Waals surface area (Å²) in [4.78, 5) is 11.8. The number of alkyl halides is 8. The van der Waals surface area contributed by atoms with Crippen LogP contribution < -0.4 is 5.32 Å². The number of ether oxygens (including phenoxy) is 1. The Kier molecular flexibility index (Phi) is 6.37. The van der Waals surface area contributed by atoms with Gasteiger partial charge in [0, 0.05) is 6.07 Å². The van der Waals surface area contributed by atoms with Crippen molar-refractivity contribution in [3.8, 4) is 5.69 Å². The molecule has 1 aromatic carbocycles. The summed E-state index contributed by atoms with van der Waals surface area (Å²) in [6, 6.07) is 6.35. The Balaban J connectivity index is 2.41. The summed E-state index contributed by atoms with van der Waals surface area (Å²) in [6.07, 6.45) is -7.13. The van der Waals surface area contributed by atoms with Crippen LogP contribution in [0.2, 0.25) is 0 Å². The highest BCUT2D eigenvalue weighted by Crippen LogP contribution is 2.44. The Hall–Kier alpha value is -1.78. The van der Waals surface area contributed by atoms with Crippen molar-refractivity contribution in [3.63, 3.8) is 0 Å². The molecule has 1 heterocycles. The van der Waals surface area contributed by atoms with Gasteiger partial charge in [-0.2, -0.15) is 27.1 Å². The Morgan fingerprint density at radius 1 is 1.14 bits per heavy atom. The zero-order valence-corrected chi connectivity index (χ0v) is 16.1. The fourth-order valence-electron chi connectivity index (χ4n) is 1.94. The third-order valence-corrected chi connectivity index (χ3v) is 3.59. The van der Waals surface area contributed by atoms with Gasteiger partial charge in [0.15, 0.2) is 0 Å². The van der Waals surface area contributed by atoms with Crippen LogP contribution in [-0.4, -0.2) is 32.4 Å². The molecule has 0 aliphatic rings. The van der Waals surface area contributed by atoms with Crippen molar-refractivity contribution in [2.45, 2.75) is 22.8 Å². The maximum absolute atomic E-state index is 13.7. The average Bonchev–Trinajstić information content (AvgIpc) is 2.96. The van der Waals surface area contributed by atoms with E-state index in [1.54, 1.807) is 19.1 Å². The van der Waals surface area contributed by atoms with Crippen LogP contribution in [0, 0.1) is 6.92 Å². The summed E-state index contributed by atoms with van der Waals surface area (Å²) in [7, 11) is 0. The molecule has 28 heavy (non-hydrogen) atoms. The number of carbonyl (C=O) groups excluding carboxylic acids is 1. The van der Waals surface area contributed by atoms with Crippen molar-refractivity contribution >= 4 is 46.7 Å². The van der Waals surface area contributed by atoms with Gasteiger partial charge in [0.1, 0.15) is 18.1 Å². The number of aryl methyl sites for hydroxylation is 1. The summed E-state index contributed by atoms with van der Waals surface area (Å²) < 4.78 is 68.7. The van der Waals surface area contributed by atoms with Crippen molar-refractivity contribution in [2.24, 2.45) is 0 Å². The Morgan fingerprint density at radius 2 is 1.71 bits per heavy atom. The van der Waals surface area contributed by atoms with Crippen molar-refractivity contribution in [1.82, 2.24) is 9.78 Å². The lowest BCUT2D eigenvalue weighted by Crippen LogP contribution is -2.34. The van der Waals surface area contributed by atoms with Gasteiger partial charge in [-0.15, -0.1) is 0 Å². The Labute approximate surface area is 170 Å². The molecule has 0 aliphatic heterocycles. The van der Waals surface area contributed by atoms with E-state index in [2.05, 4.69) is 9.84 Å². The number of nitrogens with zero attached hydrogens (tertiary/aromatic N) is 2. The molecule has 2 aromatic rings. The van der Waals surface area contributed by atoms with E-state index in [9.17, 15) is 26.7 Å². The van der Waals surface area contributed by atoms with Crippen LogP contribution in [0.4, 0.5) is 32.6 Å². The number of halogens is 8. The number of nitrogens with one attached hydrogen (secondary N) is 1. The molecule has 0 radical (unpaired) electrons. The second kappa shape index (κ2) is 7.92. The third kappa shape index (κ3) is 5.39. The first kappa shape index (κ1) is 22.5. The molecular formula is C15H11Cl3F5N3O2. The molecule has 1 amide bonds. The number of amides is 1. The highest BCUT2D eigenvalue weighted by molar-refractivity contribution is 6.67. The van der Waals surface area contributed by atoms with E-state index in [1.807, 2.05) is 5.32 Å². The monoisotopic (exact) mass is 465 g/mol. The topological polar surface area (TPSA) is 56.2 Å². The molecule has 0 saturated carbocycles. The molecule has 0 atom stereocenters. The van der Waals surface area contributed by atoms with Gasteiger partial charge in [-0.05, 0) is 19.1 Å². The number of benzene rings is 1. The molecule has 0 spiro atoms.